The summed E-state index contributed by atoms with van der Waals surface area (Å²) in [6, 6.07) is 7.15. The molecule has 0 unspecified atom stereocenters. The average molecular weight is 324 g/mol. The Morgan fingerprint density at radius 3 is 2.53 bits per heavy atom. The first-order chi connectivity index (χ1) is 8.86. The first-order valence-corrected chi connectivity index (χ1v) is 8.69. The van der Waals surface area contributed by atoms with Gasteiger partial charge in [-0.15, -0.1) is 11.6 Å². The number of hydrogen-bond acceptors (Lipinski definition) is 2. The molecule has 19 heavy (non-hydrogen) atoms. The summed E-state index contributed by atoms with van der Waals surface area (Å²) in [6.45, 7) is 4.06. The predicted molar refractivity (Wildman–Crippen MR) is 81.3 cm³/mol. The minimum atomic E-state index is -3.29. The van der Waals surface area contributed by atoms with E-state index in [0.717, 1.165) is 5.56 Å². The van der Waals surface area contributed by atoms with Gasteiger partial charge in [0.2, 0.25) is 10.0 Å². The van der Waals surface area contributed by atoms with Crippen molar-refractivity contribution in [3.8, 4) is 0 Å². The fourth-order valence-electron chi connectivity index (χ4n) is 1.77. The van der Waals surface area contributed by atoms with Gasteiger partial charge >= 0.3 is 0 Å². The fraction of sp³-hybridized carbons (Fsp3) is 0.538. The molecule has 0 saturated heterocycles. The Hall–Kier alpha value is -0.290. The molecule has 1 aromatic rings. The van der Waals surface area contributed by atoms with Gasteiger partial charge in [0.25, 0.3) is 0 Å². The molecule has 0 N–H and O–H groups in total. The van der Waals surface area contributed by atoms with Crippen LogP contribution in [0.5, 0.6) is 0 Å². The summed E-state index contributed by atoms with van der Waals surface area (Å²) in [5.74, 6) is 0.428. The zero-order chi connectivity index (χ0) is 14.5. The third-order valence-electron chi connectivity index (χ3n) is 2.70. The Balaban J connectivity index is 2.90. The summed E-state index contributed by atoms with van der Waals surface area (Å²) < 4.78 is 26.0. The van der Waals surface area contributed by atoms with Gasteiger partial charge in [0.15, 0.2) is 0 Å². The second-order valence-electron chi connectivity index (χ2n) is 4.63. The normalized spacial score (nSPS) is 12.3. The maximum absolute atomic E-state index is 12.3. The number of nitrogens with zero attached hydrogens (tertiary/aromatic N) is 1. The van der Waals surface area contributed by atoms with Crippen LogP contribution in [-0.4, -0.2) is 30.4 Å². The van der Waals surface area contributed by atoms with Crippen molar-refractivity contribution in [1.29, 1.82) is 0 Å². The highest BCUT2D eigenvalue weighted by molar-refractivity contribution is 7.89. The third kappa shape index (κ3) is 5.30. The van der Waals surface area contributed by atoms with Crippen molar-refractivity contribution in [1.82, 2.24) is 4.31 Å². The number of halogens is 2. The van der Waals surface area contributed by atoms with Crippen molar-refractivity contribution < 1.29 is 8.42 Å². The molecule has 0 aliphatic rings. The lowest BCUT2D eigenvalue weighted by molar-refractivity contribution is 0.348. The van der Waals surface area contributed by atoms with E-state index in [2.05, 4.69) is 0 Å². The van der Waals surface area contributed by atoms with E-state index in [-0.39, 0.29) is 11.8 Å². The number of hydrogen-bond donors (Lipinski definition) is 0. The minimum absolute atomic E-state index is 0.0786. The maximum Gasteiger partial charge on any atom is 0.214 e. The van der Waals surface area contributed by atoms with Crippen LogP contribution in [0.2, 0.25) is 5.02 Å². The van der Waals surface area contributed by atoms with Crippen LogP contribution in [0.4, 0.5) is 0 Å². The van der Waals surface area contributed by atoms with Crippen LogP contribution in [0.1, 0.15) is 25.8 Å². The summed E-state index contributed by atoms with van der Waals surface area (Å²) in [5, 5.41) is 0.611. The first-order valence-electron chi connectivity index (χ1n) is 6.16. The van der Waals surface area contributed by atoms with Crippen molar-refractivity contribution in [3.63, 3.8) is 0 Å². The van der Waals surface area contributed by atoms with Crippen molar-refractivity contribution in [2.45, 2.75) is 32.9 Å². The van der Waals surface area contributed by atoms with Crippen molar-refractivity contribution >= 4 is 33.2 Å². The highest BCUT2D eigenvalue weighted by atomic mass is 35.5. The van der Waals surface area contributed by atoms with Gasteiger partial charge in [0.05, 0.1) is 5.75 Å². The van der Waals surface area contributed by atoms with Crippen LogP contribution in [0.15, 0.2) is 24.3 Å². The quantitative estimate of drug-likeness (QED) is 0.720. The Kier molecular flexibility index (Phi) is 6.60. The van der Waals surface area contributed by atoms with Gasteiger partial charge in [-0.1, -0.05) is 23.7 Å². The van der Waals surface area contributed by atoms with Crippen LogP contribution in [0.3, 0.4) is 0 Å². The van der Waals surface area contributed by atoms with E-state index in [9.17, 15) is 8.42 Å². The Morgan fingerprint density at radius 2 is 2.00 bits per heavy atom. The number of rotatable bonds is 7. The van der Waals surface area contributed by atoms with E-state index in [1.807, 2.05) is 26.0 Å². The molecule has 0 heterocycles. The van der Waals surface area contributed by atoms with E-state index < -0.39 is 10.0 Å². The smallest absolute Gasteiger partial charge is 0.212 e. The fourth-order valence-corrected chi connectivity index (χ4v) is 4.01. The molecule has 108 valence electrons. The van der Waals surface area contributed by atoms with Crippen LogP contribution in [-0.2, 0) is 16.6 Å². The molecule has 0 aromatic heterocycles. The lowest BCUT2D eigenvalue weighted by Crippen LogP contribution is -2.38. The van der Waals surface area contributed by atoms with Crippen molar-refractivity contribution in [3.05, 3.63) is 34.9 Å². The van der Waals surface area contributed by atoms with Gasteiger partial charge < -0.3 is 0 Å². The molecule has 0 fully saturated rings. The molecule has 0 atom stereocenters. The molecule has 1 rings (SSSR count). The molecule has 0 aliphatic carbocycles. The van der Waals surface area contributed by atoms with E-state index in [1.54, 1.807) is 12.1 Å². The zero-order valence-corrected chi connectivity index (χ0v) is 13.5. The molecular weight excluding hydrogens is 305 g/mol. The van der Waals surface area contributed by atoms with Crippen molar-refractivity contribution in [2.24, 2.45) is 0 Å². The van der Waals surface area contributed by atoms with E-state index in [1.165, 1.54) is 4.31 Å². The Bertz CT molecular complexity index is 503. The summed E-state index contributed by atoms with van der Waals surface area (Å²) in [5.41, 5.74) is 0.885. The topological polar surface area (TPSA) is 37.4 Å². The number of alkyl halides is 1. The lowest BCUT2D eigenvalue weighted by atomic mass is 10.2. The summed E-state index contributed by atoms with van der Waals surface area (Å²) in [4.78, 5) is 0. The molecule has 0 saturated carbocycles. The molecule has 6 heteroatoms. The van der Waals surface area contributed by atoms with E-state index in [0.29, 0.717) is 23.9 Å². The maximum atomic E-state index is 12.3. The second kappa shape index (κ2) is 7.48. The van der Waals surface area contributed by atoms with E-state index in [4.69, 9.17) is 23.2 Å². The number of benzene rings is 1. The zero-order valence-electron chi connectivity index (χ0n) is 11.1. The minimum Gasteiger partial charge on any atom is -0.212 e. The second-order valence-corrected chi connectivity index (χ2v) is 7.48. The molecule has 0 radical (unpaired) electrons. The monoisotopic (exact) mass is 323 g/mol. The number of sulfonamides is 1. The molecule has 0 amide bonds. The molecule has 0 aliphatic heterocycles. The molecule has 1 aromatic carbocycles. The standard InChI is InChI=1S/C13H19Cl2NO2S/c1-11(2)16(19(17,18)8-4-7-14)10-12-5-3-6-13(15)9-12/h3,5-6,9,11H,4,7-8,10H2,1-2H3. The summed E-state index contributed by atoms with van der Waals surface area (Å²) in [7, 11) is -3.29. The van der Waals surface area contributed by atoms with Crippen LogP contribution in [0.25, 0.3) is 0 Å². The van der Waals surface area contributed by atoms with Gasteiger partial charge in [0, 0.05) is 23.5 Å². The van der Waals surface area contributed by atoms with Gasteiger partial charge in [-0.3, -0.25) is 0 Å². The van der Waals surface area contributed by atoms with Gasteiger partial charge in [-0.25, -0.2) is 8.42 Å². The molecule has 0 spiro atoms. The SMILES string of the molecule is CC(C)N(Cc1cccc(Cl)c1)S(=O)(=O)CCCCl. The summed E-state index contributed by atoms with van der Waals surface area (Å²) >= 11 is 11.5. The average Bonchev–Trinajstić information content (AvgIpc) is 2.33. The lowest BCUT2D eigenvalue weighted by Gasteiger charge is -2.26. The van der Waals surface area contributed by atoms with Crippen molar-refractivity contribution in [2.75, 3.05) is 11.6 Å². The van der Waals surface area contributed by atoms with Gasteiger partial charge in [0.1, 0.15) is 0 Å². The highest BCUT2D eigenvalue weighted by Crippen LogP contribution is 2.17. The summed E-state index contributed by atoms with van der Waals surface area (Å²) in [6.07, 6.45) is 0.461. The third-order valence-corrected chi connectivity index (χ3v) is 5.27. The highest BCUT2D eigenvalue weighted by Gasteiger charge is 2.24. The van der Waals surface area contributed by atoms with Crippen LogP contribution in [0, 0.1) is 0 Å². The van der Waals surface area contributed by atoms with Gasteiger partial charge in [-0.2, -0.15) is 4.31 Å². The first kappa shape index (κ1) is 16.8. The molecule has 0 bridgehead atoms. The Morgan fingerprint density at radius 1 is 1.32 bits per heavy atom. The largest absolute Gasteiger partial charge is 0.214 e. The Labute approximate surface area is 125 Å². The predicted octanol–water partition coefficient (Wildman–Crippen LogP) is 3.51. The molecule has 3 nitrogen and oxygen atoms in total. The molecular formula is C13H19Cl2NO2S. The van der Waals surface area contributed by atoms with E-state index >= 15 is 0 Å². The van der Waals surface area contributed by atoms with Gasteiger partial charge in [-0.05, 0) is 38.0 Å². The van der Waals surface area contributed by atoms with Crippen LogP contribution >= 0.6 is 23.2 Å². The van der Waals surface area contributed by atoms with Crippen LogP contribution < -0.4 is 0 Å².